The van der Waals surface area contributed by atoms with Crippen LogP contribution in [0.5, 0.6) is 5.88 Å². The summed E-state index contributed by atoms with van der Waals surface area (Å²) in [6, 6.07) is 2.46. The van der Waals surface area contributed by atoms with Crippen LogP contribution in [0, 0.1) is 5.92 Å². The zero-order chi connectivity index (χ0) is 11.4. The maximum atomic E-state index is 5.10. The monoisotopic (exact) mass is 221 g/mol. The molecule has 1 unspecified atom stereocenters. The predicted molar refractivity (Wildman–Crippen MR) is 62.5 cm³/mol. The van der Waals surface area contributed by atoms with Gasteiger partial charge in [0.15, 0.2) is 0 Å². The summed E-state index contributed by atoms with van der Waals surface area (Å²) in [6.07, 6.45) is 6.58. The predicted octanol–water partition coefficient (Wildman–Crippen LogP) is 1.42. The Hall–Kier alpha value is -1.16. The van der Waals surface area contributed by atoms with Crippen molar-refractivity contribution in [1.29, 1.82) is 0 Å². The molecule has 16 heavy (non-hydrogen) atoms. The van der Waals surface area contributed by atoms with E-state index in [1.807, 2.05) is 13.1 Å². The summed E-state index contributed by atoms with van der Waals surface area (Å²) in [4.78, 5) is 8.30. The molecule has 4 nitrogen and oxygen atoms in total. The number of rotatable bonds is 5. The molecule has 0 bridgehead atoms. The topological polar surface area (TPSA) is 47.0 Å². The Balaban J connectivity index is 2.00. The third kappa shape index (κ3) is 2.50. The van der Waals surface area contributed by atoms with Crippen LogP contribution >= 0.6 is 0 Å². The van der Waals surface area contributed by atoms with Crippen LogP contribution < -0.4 is 10.1 Å². The molecule has 1 aliphatic carbocycles. The molecule has 1 atom stereocenters. The second-order valence-electron chi connectivity index (χ2n) is 4.34. The lowest BCUT2D eigenvalue weighted by Crippen LogP contribution is -2.39. The van der Waals surface area contributed by atoms with E-state index < -0.39 is 0 Å². The standard InChI is InChI=1S/C12H19N3O/c1-13-11(9-4-3-5-9)6-10-7-12(16-2)15-8-14-10/h7-9,11,13H,3-6H2,1-2H3. The quantitative estimate of drug-likeness (QED) is 0.816. The van der Waals surface area contributed by atoms with E-state index in [9.17, 15) is 0 Å². The van der Waals surface area contributed by atoms with Gasteiger partial charge >= 0.3 is 0 Å². The van der Waals surface area contributed by atoms with E-state index in [0.717, 1.165) is 18.0 Å². The molecule has 88 valence electrons. The number of hydrogen-bond acceptors (Lipinski definition) is 4. The summed E-state index contributed by atoms with van der Waals surface area (Å²) in [5.41, 5.74) is 1.05. The molecular formula is C12H19N3O. The number of nitrogens with zero attached hydrogens (tertiary/aromatic N) is 2. The number of likely N-dealkylation sites (N-methyl/N-ethyl adjacent to an activating group) is 1. The van der Waals surface area contributed by atoms with Crippen molar-refractivity contribution in [3.05, 3.63) is 18.1 Å². The summed E-state index contributed by atoms with van der Waals surface area (Å²) in [5.74, 6) is 1.46. The molecule has 0 saturated heterocycles. The molecule has 1 aromatic rings. The van der Waals surface area contributed by atoms with Crippen molar-refractivity contribution in [2.75, 3.05) is 14.2 Å². The van der Waals surface area contributed by atoms with Crippen LogP contribution in [0.4, 0.5) is 0 Å². The van der Waals surface area contributed by atoms with Crippen LogP contribution in [-0.2, 0) is 6.42 Å². The SMILES string of the molecule is CNC(Cc1cc(OC)ncn1)C1CCC1. The second-order valence-corrected chi connectivity index (χ2v) is 4.34. The molecule has 0 spiro atoms. The number of ether oxygens (including phenoxy) is 1. The van der Waals surface area contributed by atoms with Gasteiger partial charge in [0.1, 0.15) is 6.33 Å². The van der Waals surface area contributed by atoms with E-state index in [4.69, 9.17) is 4.74 Å². The average molecular weight is 221 g/mol. The molecule has 1 heterocycles. The molecule has 1 fully saturated rings. The number of hydrogen-bond donors (Lipinski definition) is 1. The van der Waals surface area contributed by atoms with Gasteiger partial charge in [-0.25, -0.2) is 9.97 Å². The minimum atomic E-state index is 0.536. The molecule has 0 aromatic carbocycles. The first-order valence-electron chi connectivity index (χ1n) is 5.85. The summed E-state index contributed by atoms with van der Waals surface area (Å²) < 4.78 is 5.10. The van der Waals surface area contributed by atoms with Gasteiger partial charge in [-0.3, -0.25) is 0 Å². The number of methoxy groups -OCH3 is 1. The van der Waals surface area contributed by atoms with Gasteiger partial charge in [0.25, 0.3) is 0 Å². The first-order chi connectivity index (χ1) is 7.83. The van der Waals surface area contributed by atoms with E-state index in [1.54, 1.807) is 13.4 Å². The molecular weight excluding hydrogens is 202 g/mol. The molecule has 1 aliphatic rings. The fourth-order valence-corrected chi connectivity index (χ4v) is 2.17. The lowest BCUT2D eigenvalue weighted by Gasteiger charge is -2.33. The van der Waals surface area contributed by atoms with Crippen LogP contribution in [0.3, 0.4) is 0 Å². The Kier molecular flexibility index (Phi) is 3.72. The van der Waals surface area contributed by atoms with Crippen LogP contribution in [-0.4, -0.2) is 30.2 Å². The van der Waals surface area contributed by atoms with E-state index in [0.29, 0.717) is 11.9 Å². The Morgan fingerprint density at radius 2 is 2.31 bits per heavy atom. The van der Waals surface area contributed by atoms with Gasteiger partial charge in [0.05, 0.1) is 7.11 Å². The molecule has 0 aliphatic heterocycles. The van der Waals surface area contributed by atoms with Crippen LogP contribution in [0.15, 0.2) is 12.4 Å². The van der Waals surface area contributed by atoms with Crippen LogP contribution in [0.25, 0.3) is 0 Å². The highest BCUT2D eigenvalue weighted by Crippen LogP contribution is 2.30. The zero-order valence-electron chi connectivity index (χ0n) is 9.94. The maximum absolute atomic E-state index is 5.10. The zero-order valence-corrected chi connectivity index (χ0v) is 9.94. The van der Waals surface area contributed by atoms with Crippen molar-refractivity contribution in [3.8, 4) is 5.88 Å². The third-order valence-electron chi connectivity index (χ3n) is 3.43. The van der Waals surface area contributed by atoms with Gasteiger partial charge in [0.2, 0.25) is 5.88 Å². The minimum Gasteiger partial charge on any atom is -0.481 e. The molecule has 1 saturated carbocycles. The van der Waals surface area contributed by atoms with E-state index >= 15 is 0 Å². The Bertz CT molecular complexity index is 339. The number of aromatic nitrogens is 2. The first-order valence-corrected chi connectivity index (χ1v) is 5.85. The normalized spacial score (nSPS) is 17.9. The molecule has 0 amide bonds. The van der Waals surface area contributed by atoms with Crippen molar-refractivity contribution in [2.24, 2.45) is 5.92 Å². The summed E-state index contributed by atoms with van der Waals surface area (Å²) in [7, 11) is 3.66. The van der Waals surface area contributed by atoms with Crippen molar-refractivity contribution < 1.29 is 4.74 Å². The van der Waals surface area contributed by atoms with Crippen molar-refractivity contribution >= 4 is 0 Å². The Morgan fingerprint density at radius 1 is 1.50 bits per heavy atom. The molecule has 0 radical (unpaired) electrons. The van der Waals surface area contributed by atoms with E-state index in [-0.39, 0.29) is 0 Å². The molecule has 4 heteroatoms. The number of nitrogens with one attached hydrogen (secondary N) is 1. The van der Waals surface area contributed by atoms with Crippen LogP contribution in [0.1, 0.15) is 25.0 Å². The average Bonchev–Trinajstić information content (AvgIpc) is 2.26. The van der Waals surface area contributed by atoms with Gasteiger partial charge in [-0.2, -0.15) is 0 Å². The molecule has 1 N–H and O–H groups in total. The lowest BCUT2D eigenvalue weighted by atomic mass is 9.78. The first kappa shape index (κ1) is 11.3. The third-order valence-corrected chi connectivity index (χ3v) is 3.43. The van der Waals surface area contributed by atoms with Gasteiger partial charge in [0, 0.05) is 24.2 Å². The fourth-order valence-electron chi connectivity index (χ4n) is 2.17. The molecule has 1 aromatic heterocycles. The Labute approximate surface area is 96.4 Å². The van der Waals surface area contributed by atoms with E-state index in [1.165, 1.54) is 19.3 Å². The van der Waals surface area contributed by atoms with Crippen molar-refractivity contribution in [3.63, 3.8) is 0 Å². The fraction of sp³-hybridized carbons (Fsp3) is 0.667. The van der Waals surface area contributed by atoms with Gasteiger partial charge in [-0.15, -0.1) is 0 Å². The second kappa shape index (κ2) is 5.25. The smallest absolute Gasteiger partial charge is 0.216 e. The molecule has 2 rings (SSSR count). The van der Waals surface area contributed by atoms with Gasteiger partial charge in [-0.05, 0) is 25.8 Å². The van der Waals surface area contributed by atoms with Crippen LogP contribution in [0.2, 0.25) is 0 Å². The van der Waals surface area contributed by atoms with Gasteiger partial charge in [-0.1, -0.05) is 6.42 Å². The van der Waals surface area contributed by atoms with E-state index in [2.05, 4.69) is 15.3 Å². The highest BCUT2D eigenvalue weighted by atomic mass is 16.5. The van der Waals surface area contributed by atoms with Gasteiger partial charge < -0.3 is 10.1 Å². The highest BCUT2D eigenvalue weighted by Gasteiger charge is 2.26. The van der Waals surface area contributed by atoms with Crippen molar-refractivity contribution in [2.45, 2.75) is 31.7 Å². The van der Waals surface area contributed by atoms with Crippen molar-refractivity contribution in [1.82, 2.24) is 15.3 Å². The minimum absolute atomic E-state index is 0.536. The summed E-state index contributed by atoms with van der Waals surface area (Å²) >= 11 is 0. The maximum Gasteiger partial charge on any atom is 0.216 e. The highest BCUT2D eigenvalue weighted by molar-refractivity contribution is 5.14. The Morgan fingerprint density at radius 3 is 2.88 bits per heavy atom. The summed E-state index contributed by atoms with van der Waals surface area (Å²) in [6.45, 7) is 0. The lowest BCUT2D eigenvalue weighted by molar-refractivity contribution is 0.234. The largest absolute Gasteiger partial charge is 0.481 e. The summed E-state index contributed by atoms with van der Waals surface area (Å²) in [5, 5.41) is 3.39.